The van der Waals surface area contributed by atoms with Gasteiger partial charge in [0.25, 0.3) is 0 Å². The van der Waals surface area contributed by atoms with Crippen molar-refractivity contribution in [1.82, 2.24) is 0 Å². The van der Waals surface area contributed by atoms with Crippen LogP contribution in [0.1, 0.15) is 34.9 Å². The Morgan fingerprint density at radius 3 is 2.50 bits per heavy atom. The molecule has 2 atom stereocenters. The summed E-state index contributed by atoms with van der Waals surface area (Å²) in [6, 6.07) is 13.7. The molecule has 0 saturated heterocycles. The largest absolute Gasteiger partial charge is 0.504 e. The number of aromatic hydroxyl groups is 2. The van der Waals surface area contributed by atoms with Crippen LogP contribution in [0.5, 0.6) is 11.5 Å². The summed E-state index contributed by atoms with van der Waals surface area (Å²) >= 11 is 0. The van der Waals surface area contributed by atoms with Crippen LogP contribution in [0.4, 0.5) is 0 Å². The van der Waals surface area contributed by atoms with Crippen molar-refractivity contribution in [2.45, 2.75) is 24.7 Å². The molecule has 4 N–H and O–H groups in total. The van der Waals surface area contributed by atoms with Crippen LogP contribution in [0.15, 0.2) is 42.5 Å². The lowest BCUT2D eigenvalue weighted by molar-refractivity contribution is 0.388. The van der Waals surface area contributed by atoms with Crippen LogP contribution >= 0.6 is 0 Å². The first-order chi connectivity index (χ1) is 9.70. The molecular weight excluding hydrogens is 250 g/mol. The number of phenolic OH excluding ortho intramolecular Hbond substituents is 2. The average molecular weight is 269 g/mol. The normalized spacial score (nSPS) is 21.4. The molecule has 1 aliphatic carbocycles. The maximum Gasteiger partial charge on any atom is 0.160 e. The molecule has 3 heteroatoms. The van der Waals surface area contributed by atoms with Crippen molar-refractivity contribution in [3.63, 3.8) is 0 Å². The van der Waals surface area contributed by atoms with E-state index in [-0.39, 0.29) is 17.4 Å². The van der Waals surface area contributed by atoms with Gasteiger partial charge in [0, 0.05) is 5.56 Å². The van der Waals surface area contributed by atoms with Gasteiger partial charge in [-0.2, -0.15) is 0 Å². The lowest BCUT2D eigenvalue weighted by atomic mass is 9.74. The maximum absolute atomic E-state index is 10.1. The van der Waals surface area contributed by atoms with Gasteiger partial charge >= 0.3 is 0 Å². The first-order valence-corrected chi connectivity index (χ1v) is 6.99. The fourth-order valence-corrected chi connectivity index (χ4v) is 3.24. The Labute approximate surface area is 118 Å². The fourth-order valence-electron chi connectivity index (χ4n) is 3.24. The van der Waals surface area contributed by atoms with Gasteiger partial charge in [0.2, 0.25) is 0 Å². The van der Waals surface area contributed by atoms with E-state index >= 15 is 0 Å². The Bertz CT molecular complexity index is 610. The van der Waals surface area contributed by atoms with E-state index in [1.165, 1.54) is 5.56 Å². The van der Waals surface area contributed by atoms with Crippen molar-refractivity contribution in [3.05, 3.63) is 59.2 Å². The van der Waals surface area contributed by atoms with Crippen LogP contribution in [0.25, 0.3) is 0 Å². The third-order valence-electron chi connectivity index (χ3n) is 4.31. The molecule has 3 rings (SSSR count). The Balaban J connectivity index is 2.03. The van der Waals surface area contributed by atoms with E-state index in [0.717, 1.165) is 24.0 Å². The smallest absolute Gasteiger partial charge is 0.160 e. The van der Waals surface area contributed by atoms with Crippen LogP contribution in [0, 0.1) is 0 Å². The molecule has 1 aliphatic rings. The minimum Gasteiger partial charge on any atom is -0.504 e. The summed E-state index contributed by atoms with van der Waals surface area (Å²) in [5.41, 5.74) is 9.09. The van der Waals surface area contributed by atoms with Crippen LogP contribution in [-0.4, -0.2) is 16.8 Å². The topological polar surface area (TPSA) is 66.5 Å². The van der Waals surface area contributed by atoms with Crippen LogP contribution in [0.2, 0.25) is 0 Å². The van der Waals surface area contributed by atoms with E-state index in [4.69, 9.17) is 5.73 Å². The third-order valence-corrected chi connectivity index (χ3v) is 4.31. The highest BCUT2D eigenvalue weighted by Gasteiger charge is 2.29. The van der Waals surface area contributed by atoms with Gasteiger partial charge in [-0.25, -0.2) is 0 Å². The number of nitrogens with two attached hydrogens (primary N) is 1. The van der Waals surface area contributed by atoms with E-state index in [1.807, 2.05) is 24.3 Å². The van der Waals surface area contributed by atoms with Crippen molar-refractivity contribution in [3.8, 4) is 11.5 Å². The zero-order valence-corrected chi connectivity index (χ0v) is 11.3. The summed E-state index contributed by atoms with van der Waals surface area (Å²) in [7, 11) is 0. The molecule has 0 aromatic heterocycles. The van der Waals surface area contributed by atoms with E-state index in [0.29, 0.717) is 12.5 Å². The lowest BCUT2D eigenvalue weighted by Crippen LogP contribution is -2.23. The zero-order valence-electron chi connectivity index (χ0n) is 11.3. The number of hydrogen-bond acceptors (Lipinski definition) is 3. The first kappa shape index (κ1) is 13.0. The minimum atomic E-state index is -0.0479. The predicted octanol–water partition coefficient (Wildman–Crippen LogP) is 2.87. The molecule has 0 heterocycles. The summed E-state index contributed by atoms with van der Waals surface area (Å²) < 4.78 is 0. The van der Waals surface area contributed by atoms with E-state index < -0.39 is 0 Å². The lowest BCUT2D eigenvalue weighted by Gasteiger charge is -2.32. The van der Waals surface area contributed by atoms with Crippen molar-refractivity contribution in [2.24, 2.45) is 5.73 Å². The van der Waals surface area contributed by atoms with Gasteiger partial charge in [-0.15, -0.1) is 0 Å². The Kier molecular flexibility index (Phi) is 3.36. The highest BCUT2D eigenvalue weighted by atomic mass is 16.3. The van der Waals surface area contributed by atoms with E-state index in [9.17, 15) is 10.2 Å². The molecule has 0 amide bonds. The highest BCUT2D eigenvalue weighted by Crippen LogP contribution is 2.45. The standard InChI is InChI=1S/C17H19NO2/c18-10-13-8-12(11-4-2-1-3-5-11)9-15-14(13)6-7-16(19)17(15)20/h1-7,12-13,19-20H,8-10,18H2/t12-,13-/m0/s1. The molecule has 0 saturated carbocycles. The molecule has 0 fully saturated rings. The van der Waals surface area contributed by atoms with Gasteiger partial charge in [-0.1, -0.05) is 36.4 Å². The molecule has 104 valence electrons. The molecule has 0 bridgehead atoms. The molecule has 0 radical (unpaired) electrons. The summed E-state index contributed by atoms with van der Waals surface area (Å²) in [6.45, 7) is 0.556. The van der Waals surface area contributed by atoms with Crippen LogP contribution in [0.3, 0.4) is 0 Å². The molecule has 2 aromatic carbocycles. The quantitative estimate of drug-likeness (QED) is 0.734. The SMILES string of the molecule is NC[C@@H]1C[C@H](c2ccccc2)Cc2c1ccc(O)c2O. The van der Waals surface area contributed by atoms with Gasteiger partial charge in [0.1, 0.15) is 0 Å². The molecule has 0 aliphatic heterocycles. The first-order valence-electron chi connectivity index (χ1n) is 6.99. The molecule has 0 spiro atoms. The Morgan fingerprint density at radius 1 is 1.05 bits per heavy atom. The molecule has 2 aromatic rings. The summed E-state index contributed by atoms with van der Waals surface area (Å²) in [4.78, 5) is 0. The number of hydrogen-bond donors (Lipinski definition) is 3. The van der Waals surface area contributed by atoms with Gasteiger partial charge in [-0.05, 0) is 48.4 Å². The molecular formula is C17H19NO2. The van der Waals surface area contributed by atoms with Crippen LogP contribution in [-0.2, 0) is 6.42 Å². The second-order valence-corrected chi connectivity index (χ2v) is 5.48. The highest BCUT2D eigenvalue weighted by molar-refractivity contribution is 5.52. The van der Waals surface area contributed by atoms with E-state index in [1.54, 1.807) is 6.07 Å². The maximum atomic E-state index is 10.1. The van der Waals surface area contributed by atoms with Gasteiger partial charge < -0.3 is 15.9 Å². The van der Waals surface area contributed by atoms with Crippen molar-refractivity contribution < 1.29 is 10.2 Å². The second kappa shape index (κ2) is 5.17. The Hall–Kier alpha value is -2.00. The second-order valence-electron chi connectivity index (χ2n) is 5.48. The van der Waals surface area contributed by atoms with Crippen molar-refractivity contribution in [2.75, 3.05) is 6.54 Å². The van der Waals surface area contributed by atoms with Crippen LogP contribution < -0.4 is 5.73 Å². The predicted molar refractivity (Wildman–Crippen MR) is 79.1 cm³/mol. The fraction of sp³-hybridized carbons (Fsp3) is 0.294. The van der Waals surface area contributed by atoms with Gasteiger partial charge in [-0.3, -0.25) is 0 Å². The summed E-state index contributed by atoms with van der Waals surface area (Å²) in [5, 5.41) is 19.8. The molecule has 3 nitrogen and oxygen atoms in total. The summed E-state index contributed by atoms with van der Waals surface area (Å²) in [5.74, 6) is 0.537. The van der Waals surface area contributed by atoms with Crippen molar-refractivity contribution in [1.29, 1.82) is 0 Å². The summed E-state index contributed by atoms with van der Waals surface area (Å²) in [6.07, 6.45) is 1.73. The van der Waals surface area contributed by atoms with Gasteiger partial charge in [0.15, 0.2) is 11.5 Å². The molecule has 0 unspecified atom stereocenters. The number of fused-ring (bicyclic) bond motifs is 1. The monoisotopic (exact) mass is 269 g/mol. The minimum absolute atomic E-state index is 0.0154. The Morgan fingerprint density at radius 2 is 1.80 bits per heavy atom. The third kappa shape index (κ3) is 2.14. The number of benzene rings is 2. The molecule has 20 heavy (non-hydrogen) atoms. The zero-order chi connectivity index (χ0) is 14.1. The number of rotatable bonds is 2. The average Bonchev–Trinajstić information content (AvgIpc) is 2.51. The van der Waals surface area contributed by atoms with E-state index in [2.05, 4.69) is 12.1 Å². The van der Waals surface area contributed by atoms with Gasteiger partial charge in [0.05, 0.1) is 0 Å². The number of phenols is 2. The van der Waals surface area contributed by atoms with Crippen molar-refractivity contribution >= 4 is 0 Å².